The molecule has 3 aromatic rings. The van der Waals surface area contributed by atoms with Crippen molar-refractivity contribution >= 4 is 12.2 Å². The van der Waals surface area contributed by atoms with Crippen LogP contribution in [0.25, 0.3) is 17.2 Å². The fourth-order valence-corrected chi connectivity index (χ4v) is 5.43. The summed E-state index contributed by atoms with van der Waals surface area (Å²) in [5.74, 6) is 0.796. The lowest BCUT2D eigenvalue weighted by molar-refractivity contribution is 0.129. The normalized spacial score (nSPS) is 23.8. The number of benzene rings is 1. The van der Waals surface area contributed by atoms with Crippen LogP contribution in [0, 0.1) is 17.7 Å². The summed E-state index contributed by atoms with van der Waals surface area (Å²) in [6.45, 7) is 2.18. The maximum Gasteiger partial charge on any atom is 0.407 e. The molecule has 0 aliphatic heterocycles. The highest BCUT2D eigenvalue weighted by atomic mass is 19.1. The Morgan fingerprint density at radius 3 is 2.97 bits per heavy atom. The van der Waals surface area contributed by atoms with Gasteiger partial charge in [0.05, 0.1) is 18.0 Å². The second kappa shape index (κ2) is 9.79. The van der Waals surface area contributed by atoms with Crippen molar-refractivity contribution in [3.8, 4) is 11.1 Å². The first-order valence-electron chi connectivity index (χ1n) is 11.9. The van der Waals surface area contributed by atoms with E-state index in [1.807, 2.05) is 31.2 Å². The van der Waals surface area contributed by atoms with Crippen molar-refractivity contribution in [1.82, 2.24) is 15.5 Å². The van der Waals surface area contributed by atoms with Crippen molar-refractivity contribution in [2.24, 2.45) is 11.8 Å². The Hall–Kier alpha value is -3.48. The average Bonchev–Trinajstić information content (AvgIpc) is 3.30. The summed E-state index contributed by atoms with van der Waals surface area (Å²) in [4.78, 5) is 16.5. The SMILES string of the molecule is CCOC(=O)N[C@@H]1CC[C@@H]2[C@H](Cc3nocc3[C@H]2/C=C/c2ccc(-c3cccc(F)c3)cn2)C1. The van der Waals surface area contributed by atoms with E-state index in [-0.39, 0.29) is 23.9 Å². The molecular formula is C27H28FN3O3. The van der Waals surface area contributed by atoms with Crippen molar-refractivity contribution in [3.05, 3.63) is 77.7 Å². The molecule has 6 nitrogen and oxygen atoms in total. The molecule has 1 fully saturated rings. The van der Waals surface area contributed by atoms with E-state index in [0.29, 0.717) is 18.4 Å². The van der Waals surface area contributed by atoms with Gasteiger partial charge in [0.15, 0.2) is 0 Å². The van der Waals surface area contributed by atoms with Gasteiger partial charge in [-0.1, -0.05) is 29.4 Å². The van der Waals surface area contributed by atoms with E-state index >= 15 is 0 Å². The number of carbonyl (C=O) groups excluding carboxylic acids is 1. The lowest BCUT2D eigenvalue weighted by atomic mass is 9.64. The van der Waals surface area contributed by atoms with Crippen molar-refractivity contribution in [1.29, 1.82) is 0 Å². The first kappa shape index (κ1) is 22.3. The molecule has 2 aromatic heterocycles. The summed E-state index contributed by atoms with van der Waals surface area (Å²) in [5, 5.41) is 7.26. The monoisotopic (exact) mass is 461 g/mol. The summed E-state index contributed by atoms with van der Waals surface area (Å²) < 4.78 is 23.9. The molecule has 2 aliphatic carbocycles. The molecule has 7 heteroatoms. The van der Waals surface area contributed by atoms with Crippen LogP contribution in [0.15, 0.2) is 59.5 Å². The number of ether oxygens (including phenoxy) is 1. The predicted molar refractivity (Wildman–Crippen MR) is 126 cm³/mol. The van der Waals surface area contributed by atoms with E-state index in [1.54, 1.807) is 18.5 Å². The maximum atomic E-state index is 13.5. The molecule has 2 aliphatic rings. The Bertz CT molecular complexity index is 1170. The van der Waals surface area contributed by atoms with E-state index in [0.717, 1.165) is 53.8 Å². The molecule has 0 spiro atoms. The van der Waals surface area contributed by atoms with Crippen LogP contribution < -0.4 is 5.32 Å². The Morgan fingerprint density at radius 2 is 2.18 bits per heavy atom. The first-order chi connectivity index (χ1) is 16.6. The van der Waals surface area contributed by atoms with Crippen LogP contribution >= 0.6 is 0 Å². The average molecular weight is 462 g/mol. The van der Waals surface area contributed by atoms with Gasteiger partial charge in [-0.25, -0.2) is 9.18 Å². The number of aromatic nitrogens is 2. The third kappa shape index (κ3) is 4.74. The number of alkyl carbamates (subject to hydrolysis) is 1. The minimum absolute atomic E-state index is 0.121. The summed E-state index contributed by atoms with van der Waals surface area (Å²) in [6.07, 6.45) is 11.1. The van der Waals surface area contributed by atoms with E-state index in [2.05, 4.69) is 21.5 Å². The van der Waals surface area contributed by atoms with Crippen LogP contribution in [-0.2, 0) is 11.2 Å². The van der Waals surface area contributed by atoms with Crippen molar-refractivity contribution in [2.75, 3.05) is 6.61 Å². The Morgan fingerprint density at radius 1 is 1.26 bits per heavy atom. The lowest BCUT2D eigenvalue weighted by Gasteiger charge is -2.42. The molecule has 5 rings (SSSR count). The second-order valence-corrected chi connectivity index (χ2v) is 9.09. The van der Waals surface area contributed by atoms with Gasteiger partial charge in [0.2, 0.25) is 0 Å². The highest BCUT2D eigenvalue weighted by molar-refractivity contribution is 5.67. The number of rotatable bonds is 5. The maximum absolute atomic E-state index is 13.5. The highest BCUT2D eigenvalue weighted by Gasteiger charge is 2.41. The number of carbonyl (C=O) groups is 1. The number of amides is 1. The van der Waals surface area contributed by atoms with Gasteiger partial charge in [-0.15, -0.1) is 0 Å². The molecule has 2 heterocycles. The van der Waals surface area contributed by atoms with Crippen LogP contribution in [0.1, 0.15) is 49.1 Å². The zero-order chi connectivity index (χ0) is 23.5. The van der Waals surface area contributed by atoms with Crippen LogP contribution in [0.2, 0.25) is 0 Å². The van der Waals surface area contributed by atoms with Gasteiger partial charge in [0.25, 0.3) is 0 Å². The van der Waals surface area contributed by atoms with Gasteiger partial charge < -0.3 is 14.6 Å². The van der Waals surface area contributed by atoms with Gasteiger partial charge in [0.1, 0.15) is 12.1 Å². The van der Waals surface area contributed by atoms with Crippen molar-refractivity contribution < 1.29 is 18.4 Å². The zero-order valence-electron chi connectivity index (χ0n) is 19.1. The quantitative estimate of drug-likeness (QED) is 0.523. The number of allylic oxidation sites excluding steroid dienone is 1. The minimum atomic E-state index is -0.340. The molecule has 1 N–H and O–H groups in total. The number of pyridine rings is 1. The third-order valence-electron chi connectivity index (χ3n) is 7.01. The molecule has 0 unspecified atom stereocenters. The Kier molecular flexibility index (Phi) is 6.43. The van der Waals surface area contributed by atoms with Gasteiger partial charge in [-0.05, 0) is 74.3 Å². The topological polar surface area (TPSA) is 77.2 Å². The van der Waals surface area contributed by atoms with Gasteiger partial charge in [0, 0.05) is 29.3 Å². The number of hydrogen-bond acceptors (Lipinski definition) is 5. The van der Waals surface area contributed by atoms with Gasteiger partial charge >= 0.3 is 6.09 Å². The van der Waals surface area contributed by atoms with E-state index in [1.165, 1.54) is 12.1 Å². The Balaban J connectivity index is 1.32. The van der Waals surface area contributed by atoms with Crippen LogP contribution in [0.4, 0.5) is 9.18 Å². The second-order valence-electron chi connectivity index (χ2n) is 9.09. The molecule has 0 saturated heterocycles. The van der Waals surface area contributed by atoms with Crippen LogP contribution in [-0.4, -0.2) is 28.9 Å². The molecule has 0 radical (unpaired) electrons. The molecule has 34 heavy (non-hydrogen) atoms. The van der Waals surface area contributed by atoms with Gasteiger partial charge in [-0.2, -0.15) is 0 Å². The fourth-order valence-electron chi connectivity index (χ4n) is 5.43. The van der Waals surface area contributed by atoms with Crippen molar-refractivity contribution in [2.45, 2.75) is 44.6 Å². The molecule has 1 saturated carbocycles. The predicted octanol–water partition coefficient (Wildman–Crippen LogP) is 5.76. The number of fused-ring (bicyclic) bond motifs is 2. The Labute approximate surface area is 198 Å². The molecule has 1 aromatic carbocycles. The van der Waals surface area contributed by atoms with Crippen LogP contribution in [0.3, 0.4) is 0 Å². The zero-order valence-corrected chi connectivity index (χ0v) is 19.1. The van der Waals surface area contributed by atoms with Gasteiger partial charge in [-0.3, -0.25) is 4.98 Å². The molecule has 0 bridgehead atoms. The van der Waals surface area contributed by atoms with E-state index < -0.39 is 0 Å². The largest absolute Gasteiger partial charge is 0.450 e. The lowest BCUT2D eigenvalue weighted by Crippen LogP contribution is -2.44. The molecular weight excluding hydrogens is 433 g/mol. The minimum Gasteiger partial charge on any atom is -0.450 e. The molecule has 4 atom stereocenters. The first-order valence-corrected chi connectivity index (χ1v) is 11.9. The summed E-state index contributed by atoms with van der Waals surface area (Å²) >= 11 is 0. The number of hydrogen-bond donors (Lipinski definition) is 1. The third-order valence-corrected chi connectivity index (χ3v) is 7.01. The van der Waals surface area contributed by atoms with Crippen molar-refractivity contribution in [3.63, 3.8) is 0 Å². The summed E-state index contributed by atoms with van der Waals surface area (Å²) in [7, 11) is 0. The fraction of sp³-hybridized carbons (Fsp3) is 0.370. The standard InChI is InChI=1S/C27H28FN3O3/c1-2-33-27(32)30-22-9-10-23-19(13-22)14-26-25(16-34-31-26)24(23)11-8-21-7-6-18(15-29-21)17-4-3-5-20(28)12-17/h3-8,11-12,15-16,19,22-24H,2,9-10,13-14H2,1H3,(H,30,32)/b11-8+/t19-,22+,23+,24-/m0/s1. The number of nitrogens with one attached hydrogen (secondary N) is 1. The smallest absolute Gasteiger partial charge is 0.407 e. The highest BCUT2D eigenvalue weighted by Crippen LogP contribution is 2.47. The number of nitrogens with zero attached hydrogens (tertiary/aromatic N) is 2. The van der Waals surface area contributed by atoms with E-state index in [9.17, 15) is 9.18 Å². The number of halogens is 1. The molecule has 1 amide bonds. The molecule has 176 valence electrons. The summed E-state index contributed by atoms with van der Waals surface area (Å²) in [5.41, 5.74) is 4.68. The van der Waals surface area contributed by atoms with E-state index in [4.69, 9.17) is 9.26 Å². The summed E-state index contributed by atoms with van der Waals surface area (Å²) in [6, 6.07) is 10.5. The van der Waals surface area contributed by atoms with Crippen LogP contribution in [0.5, 0.6) is 0 Å².